The number of carbonyl (C=O) groups is 1. The Hall–Kier alpha value is -3.64. The number of carbonyl (C=O) groups excluding carboxylic acids is 1. The largest absolute Gasteiger partial charge is 0.493 e. The molecule has 0 bridgehead atoms. The molecular weight excluding hydrogens is 452 g/mol. The van der Waals surface area contributed by atoms with Crippen molar-refractivity contribution < 1.29 is 19.0 Å². The number of hydrogen-bond donors (Lipinski definition) is 1. The van der Waals surface area contributed by atoms with E-state index in [4.69, 9.17) is 14.2 Å². The zero-order valence-corrected chi connectivity index (χ0v) is 20.6. The lowest BCUT2D eigenvalue weighted by molar-refractivity contribution is -0.118. The van der Waals surface area contributed by atoms with Gasteiger partial charge in [0, 0.05) is 0 Å². The molecule has 178 valence electrons. The Bertz CT molecular complexity index is 1150. The van der Waals surface area contributed by atoms with Gasteiger partial charge in [0.15, 0.2) is 11.5 Å². The van der Waals surface area contributed by atoms with Crippen molar-refractivity contribution in [1.82, 2.24) is 10.2 Å². The number of nitrogens with one attached hydrogen (secondary N) is 1. The first-order valence-electron chi connectivity index (χ1n) is 11.0. The fourth-order valence-corrected chi connectivity index (χ4v) is 4.04. The third kappa shape index (κ3) is 6.45. The third-order valence-electron chi connectivity index (χ3n) is 5.14. The molecule has 0 radical (unpaired) electrons. The summed E-state index contributed by atoms with van der Waals surface area (Å²) in [6.07, 6.45) is 0.967. The number of aromatic nitrogens is 2. The zero-order valence-electron chi connectivity index (χ0n) is 19.8. The average molecular weight is 481 g/mol. The van der Waals surface area contributed by atoms with Crippen LogP contribution in [0.5, 0.6) is 17.2 Å². The molecule has 1 N–H and O–H groups in total. The molecule has 0 spiro atoms. The highest BCUT2D eigenvalue weighted by atomic mass is 32.1. The first-order valence-corrected chi connectivity index (χ1v) is 11.8. The molecule has 8 nitrogen and oxygen atoms in total. The van der Waals surface area contributed by atoms with Crippen molar-refractivity contribution in [3.05, 3.63) is 58.1 Å². The molecule has 1 atom stereocenters. The van der Waals surface area contributed by atoms with E-state index in [2.05, 4.69) is 21.6 Å². The van der Waals surface area contributed by atoms with Crippen molar-refractivity contribution in [3.63, 3.8) is 0 Å². The van der Waals surface area contributed by atoms with Gasteiger partial charge in [0.25, 0.3) is 0 Å². The Kier molecular flexibility index (Phi) is 8.82. The van der Waals surface area contributed by atoms with E-state index >= 15 is 0 Å². The lowest BCUT2D eigenvalue weighted by atomic mass is 9.99. The first-order chi connectivity index (χ1) is 16.4. The van der Waals surface area contributed by atoms with Gasteiger partial charge in [0.2, 0.25) is 11.0 Å². The van der Waals surface area contributed by atoms with Crippen molar-refractivity contribution >= 4 is 22.4 Å². The van der Waals surface area contributed by atoms with E-state index in [1.807, 2.05) is 45.0 Å². The molecule has 34 heavy (non-hydrogen) atoms. The van der Waals surface area contributed by atoms with E-state index in [0.29, 0.717) is 29.8 Å². The standard InChI is InChI=1S/C25H28N4O4S/c1-5-22-28-29-25(34-22)27-24(30)19(15-26)13-18-9-10-20(21(14-18)31-4)32-11-12-33-23-16(2)7-6-8-17(23)3/h6-10,14,19H,5,11-13H2,1-4H3,(H,27,29,30). The highest BCUT2D eigenvalue weighted by molar-refractivity contribution is 7.15. The molecule has 1 heterocycles. The van der Waals surface area contributed by atoms with Gasteiger partial charge in [-0.2, -0.15) is 5.26 Å². The van der Waals surface area contributed by atoms with E-state index in [0.717, 1.165) is 33.9 Å². The summed E-state index contributed by atoms with van der Waals surface area (Å²) in [6, 6.07) is 13.5. The molecule has 2 aromatic carbocycles. The van der Waals surface area contributed by atoms with Crippen molar-refractivity contribution in [2.24, 2.45) is 5.92 Å². The number of anilines is 1. The fraction of sp³-hybridized carbons (Fsp3) is 0.360. The number of benzene rings is 2. The molecule has 0 aliphatic carbocycles. The smallest absolute Gasteiger partial charge is 0.243 e. The maximum absolute atomic E-state index is 12.5. The molecule has 3 aromatic rings. The number of para-hydroxylation sites is 1. The van der Waals surface area contributed by atoms with Crippen molar-refractivity contribution in [1.29, 1.82) is 5.26 Å². The topological polar surface area (TPSA) is 106 Å². The number of hydrogen-bond acceptors (Lipinski definition) is 8. The van der Waals surface area contributed by atoms with Crippen LogP contribution in [-0.2, 0) is 17.6 Å². The Morgan fingerprint density at radius 3 is 2.50 bits per heavy atom. The lowest BCUT2D eigenvalue weighted by Crippen LogP contribution is -2.23. The van der Waals surface area contributed by atoms with Gasteiger partial charge >= 0.3 is 0 Å². The third-order valence-corrected chi connectivity index (χ3v) is 6.12. The van der Waals surface area contributed by atoms with Crippen LogP contribution in [0.15, 0.2) is 36.4 Å². The minimum atomic E-state index is -0.879. The molecular formula is C25H28N4O4S. The Balaban J connectivity index is 1.57. The molecule has 0 saturated carbocycles. The summed E-state index contributed by atoms with van der Waals surface area (Å²) in [5.41, 5.74) is 2.94. The zero-order chi connectivity index (χ0) is 24.5. The summed E-state index contributed by atoms with van der Waals surface area (Å²) >= 11 is 1.30. The quantitative estimate of drug-likeness (QED) is 0.403. The second-order valence-electron chi connectivity index (χ2n) is 7.63. The molecule has 1 unspecified atom stereocenters. The van der Waals surface area contributed by atoms with Gasteiger partial charge < -0.3 is 14.2 Å². The van der Waals surface area contributed by atoms with Gasteiger partial charge in [-0.1, -0.05) is 42.5 Å². The Morgan fingerprint density at radius 1 is 1.12 bits per heavy atom. The van der Waals surface area contributed by atoms with Crippen LogP contribution < -0.4 is 19.5 Å². The summed E-state index contributed by atoms with van der Waals surface area (Å²) in [7, 11) is 1.55. The van der Waals surface area contributed by atoms with Gasteiger partial charge in [-0.05, 0) is 55.5 Å². The molecule has 0 aliphatic rings. The van der Waals surface area contributed by atoms with Gasteiger partial charge in [-0.15, -0.1) is 10.2 Å². The monoisotopic (exact) mass is 480 g/mol. The summed E-state index contributed by atoms with van der Waals surface area (Å²) in [6.45, 7) is 6.71. The molecule has 0 saturated heterocycles. The number of nitrogens with zero attached hydrogens (tertiary/aromatic N) is 3. The number of amides is 1. The van der Waals surface area contributed by atoms with Crippen LogP contribution in [0.25, 0.3) is 0 Å². The van der Waals surface area contributed by atoms with Crippen molar-refractivity contribution in [3.8, 4) is 23.3 Å². The predicted molar refractivity (Wildman–Crippen MR) is 131 cm³/mol. The Labute approximate surface area is 203 Å². The maximum Gasteiger partial charge on any atom is 0.243 e. The number of rotatable bonds is 11. The minimum absolute atomic E-state index is 0.230. The molecule has 0 aliphatic heterocycles. The second kappa shape index (κ2) is 12.0. The van der Waals surface area contributed by atoms with E-state index in [1.54, 1.807) is 19.2 Å². The lowest BCUT2D eigenvalue weighted by Gasteiger charge is -2.15. The van der Waals surface area contributed by atoms with E-state index in [-0.39, 0.29) is 6.42 Å². The first kappa shape index (κ1) is 25.0. The van der Waals surface area contributed by atoms with Crippen LogP contribution >= 0.6 is 11.3 Å². The average Bonchev–Trinajstić information content (AvgIpc) is 3.29. The molecule has 1 aromatic heterocycles. The van der Waals surface area contributed by atoms with Gasteiger partial charge in [-0.25, -0.2) is 0 Å². The maximum atomic E-state index is 12.5. The molecule has 9 heteroatoms. The van der Waals surface area contributed by atoms with Gasteiger partial charge in [0.1, 0.15) is 29.9 Å². The number of aryl methyl sites for hydroxylation is 3. The summed E-state index contributed by atoms with van der Waals surface area (Å²) < 4.78 is 17.2. The normalized spacial score (nSPS) is 11.4. The van der Waals surface area contributed by atoms with Gasteiger partial charge in [-0.3, -0.25) is 10.1 Å². The number of methoxy groups -OCH3 is 1. The van der Waals surface area contributed by atoms with Crippen LogP contribution in [0.3, 0.4) is 0 Å². The summed E-state index contributed by atoms with van der Waals surface area (Å²) in [5.74, 6) is 0.669. The van der Waals surface area contributed by atoms with E-state index in [9.17, 15) is 10.1 Å². The molecule has 0 fully saturated rings. The number of nitriles is 1. The van der Waals surface area contributed by atoms with E-state index in [1.165, 1.54) is 11.3 Å². The molecule has 3 rings (SSSR count). The van der Waals surface area contributed by atoms with Crippen LogP contribution in [0.4, 0.5) is 5.13 Å². The van der Waals surface area contributed by atoms with Crippen molar-refractivity contribution in [2.45, 2.75) is 33.6 Å². The predicted octanol–water partition coefficient (Wildman–Crippen LogP) is 4.50. The van der Waals surface area contributed by atoms with E-state index < -0.39 is 11.8 Å². The second-order valence-corrected chi connectivity index (χ2v) is 8.69. The molecule has 1 amide bonds. The Morgan fingerprint density at radius 2 is 1.85 bits per heavy atom. The van der Waals surface area contributed by atoms with Crippen LogP contribution in [-0.4, -0.2) is 36.4 Å². The fourth-order valence-electron chi connectivity index (χ4n) is 3.35. The summed E-state index contributed by atoms with van der Waals surface area (Å²) in [4.78, 5) is 12.5. The van der Waals surface area contributed by atoms with Crippen molar-refractivity contribution in [2.75, 3.05) is 25.6 Å². The highest BCUT2D eigenvalue weighted by Gasteiger charge is 2.21. The minimum Gasteiger partial charge on any atom is -0.493 e. The SMILES string of the molecule is CCc1nnc(NC(=O)C(C#N)Cc2ccc(OCCOc3c(C)cccc3C)c(OC)c2)s1. The highest BCUT2D eigenvalue weighted by Crippen LogP contribution is 2.29. The van der Waals surface area contributed by atoms with Crippen LogP contribution in [0.1, 0.15) is 28.6 Å². The van der Waals surface area contributed by atoms with Crippen LogP contribution in [0.2, 0.25) is 0 Å². The summed E-state index contributed by atoms with van der Waals surface area (Å²) in [5, 5.41) is 21.3. The van der Waals surface area contributed by atoms with Gasteiger partial charge in [0.05, 0.1) is 13.2 Å². The van der Waals surface area contributed by atoms with Crippen LogP contribution in [0, 0.1) is 31.1 Å². The number of ether oxygens (including phenoxy) is 3.